The van der Waals surface area contributed by atoms with E-state index >= 15 is 0 Å². The summed E-state index contributed by atoms with van der Waals surface area (Å²) in [7, 11) is 1.85. The number of hydrogen-bond donors (Lipinski definition) is 1. The molecule has 0 spiro atoms. The number of carbonyl (C=O) groups is 1. The molecular weight excluding hydrogens is 272 g/mol. The number of pyridine rings is 2. The lowest BCUT2D eigenvalue weighted by molar-refractivity contribution is 0.0695. The van der Waals surface area contributed by atoms with E-state index in [0.717, 1.165) is 5.82 Å². The summed E-state index contributed by atoms with van der Waals surface area (Å²) >= 11 is 0. The standard InChI is InChI=1S/C14H14N4O3/c1-4-18-6-9(14(20)21)11(19)8-5-10-13(16-12(8)18)17(3)7(2)15-10/h5-6H,4H2,1-3H3,(H,20,21). The van der Waals surface area contributed by atoms with Crippen molar-refractivity contribution in [1.82, 2.24) is 19.1 Å². The lowest BCUT2D eigenvalue weighted by atomic mass is 10.2. The zero-order valence-corrected chi connectivity index (χ0v) is 11.9. The first-order chi connectivity index (χ1) is 9.93. The molecule has 3 rings (SSSR count). The van der Waals surface area contributed by atoms with Gasteiger partial charge in [-0.2, -0.15) is 0 Å². The summed E-state index contributed by atoms with van der Waals surface area (Å²) in [5.41, 5.74) is 0.954. The average molecular weight is 286 g/mol. The number of nitrogens with zero attached hydrogens (tertiary/aromatic N) is 4. The number of hydrogen-bond acceptors (Lipinski definition) is 4. The largest absolute Gasteiger partial charge is 0.477 e. The smallest absolute Gasteiger partial charge is 0.341 e. The maximum atomic E-state index is 12.3. The molecule has 0 amide bonds. The van der Waals surface area contributed by atoms with Crippen molar-refractivity contribution in [1.29, 1.82) is 0 Å². The molecule has 3 aromatic heterocycles. The van der Waals surface area contributed by atoms with Crippen molar-refractivity contribution in [2.45, 2.75) is 20.4 Å². The number of carboxylic acids is 1. The van der Waals surface area contributed by atoms with E-state index in [4.69, 9.17) is 5.11 Å². The molecule has 0 atom stereocenters. The van der Waals surface area contributed by atoms with Crippen LogP contribution >= 0.6 is 0 Å². The molecule has 108 valence electrons. The Labute approximate surface area is 119 Å². The van der Waals surface area contributed by atoms with Gasteiger partial charge >= 0.3 is 5.97 Å². The average Bonchev–Trinajstić information content (AvgIpc) is 2.72. The molecule has 7 heteroatoms. The lowest BCUT2D eigenvalue weighted by Gasteiger charge is -2.09. The van der Waals surface area contributed by atoms with E-state index in [-0.39, 0.29) is 10.9 Å². The molecule has 0 aromatic carbocycles. The summed E-state index contributed by atoms with van der Waals surface area (Å²) < 4.78 is 3.51. The third kappa shape index (κ3) is 1.81. The van der Waals surface area contributed by atoms with Crippen LogP contribution in [0.2, 0.25) is 0 Å². The Morgan fingerprint density at radius 2 is 2.05 bits per heavy atom. The molecule has 0 bridgehead atoms. The third-order valence-electron chi connectivity index (χ3n) is 3.67. The van der Waals surface area contributed by atoms with Gasteiger partial charge in [0.1, 0.15) is 22.6 Å². The zero-order valence-electron chi connectivity index (χ0n) is 11.9. The van der Waals surface area contributed by atoms with Crippen LogP contribution in [0.5, 0.6) is 0 Å². The highest BCUT2D eigenvalue weighted by Gasteiger charge is 2.17. The van der Waals surface area contributed by atoms with E-state index in [1.807, 2.05) is 25.5 Å². The highest BCUT2D eigenvalue weighted by Crippen LogP contribution is 2.18. The fourth-order valence-electron chi connectivity index (χ4n) is 2.42. The molecule has 0 aliphatic rings. The van der Waals surface area contributed by atoms with Crippen molar-refractivity contribution in [2.24, 2.45) is 7.05 Å². The van der Waals surface area contributed by atoms with Crippen LogP contribution in [0, 0.1) is 6.92 Å². The van der Waals surface area contributed by atoms with Crippen LogP contribution in [0.15, 0.2) is 17.1 Å². The minimum atomic E-state index is -1.23. The van der Waals surface area contributed by atoms with Crippen LogP contribution in [0.4, 0.5) is 0 Å². The van der Waals surface area contributed by atoms with Crippen molar-refractivity contribution in [3.63, 3.8) is 0 Å². The molecule has 0 saturated carbocycles. The quantitative estimate of drug-likeness (QED) is 0.767. The van der Waals surface area contributed by atoms with E-state index in [1.165, 1.54) is 6.20 Å². The molecule has 0 saturated heterocycles. The maximum Gasteiger partial charge on any atom is 0.341 e. The molecule has 0 fully saturated rings. The predicted octanol–water partition coefficient (Wildman–Crippen LogP) is 1.31. The van der Waals surface area contributed by atoms with Gasteiger partial charge in [0.25, 0.3) is 0 Å². The number of aromatic nitrogens is 4. The summed E-state index contributed by atoms with van der Waals surface area (Å²) in [6, 6.07) is 1.62. The van der Waals surface area contributed by atoms with Gasteiger partial charge in [-0.05, 0) is 19.9 Å². The minimum Gasteiger partial charge on any atom is -0.477 e. The van der Waals surface area contributed by atoms with Gasteiger partial charge < -0.3 is 14.2 Å². The van der Waals surface area contributed by atoms with Crippen LogP contribution in [-0.2, 0) is 13.6 Å². The van der Waals surface area contributed by atoms with Gasteiger partial charge in [0, 0.05) is 19.8 Å². The Balaban J connectivity index is 2.54. The minimum absolute atomic E-state index is 0.252. The summed E-state index contributed by atoms with van der Waals surface area (Å²) in [4.78, 5) is 32.3. The molecule has 7 nitrogen and oxygen atoms in total. The molecule has 21 heavy (non-hydrogen) atoms. The molecule has 0 radical (unpaired) electrons. The van der Waals surface area contributed by atoms with Crippen LogP contribution in [0.1, 0.15) is 23.1 Å². The molecule has 3 aromatic rings. The number of carboxylic acid groups (broad SMARTS) is 1. The highest BCUT2D eigenvalue weighted by molar-refractivity contribution is 5.94. The predicted molar refractivity (Wildman–Crippen MR) is 77.6 cm³/mol. The van der Waals surface area contributed by atoms with Crippen LogP contribution in [0.25, 0.3) is 22.2 Å². The summed E-state index contributed by atoms with van der Waals surface area (Å²) in [6.07, 6.45) is 1.34. The molecule has 3 heterocycles. The molecule has 1 N–H and O–H groups in total. The fraction of sp³-hybridized carbons (Fsp3) is 0.286. The van der Waals surface area contributed by atoms with Crippen molar-refractivity contribution >= 4 is 28.2 Å². The number of rotatable bonds is 2. The zero-order chi connectivity index (χ0) is 15.3. The number of aromatic carboxylic acids is 1. The molecular formula is C14H14N4O3. The Morgan fingerprint density at radius 3 is 2.67 bits per heavy atom. The van der Waals surface area contributed by atoms with Crippen LogP contribution in [0.3, 0.4) is 0 Å². The Hall–Kier alpha value is -2.70. The molecule has 0 unspecified atom stereocenters. The van der Waals surface area contributed by atoms with Gasteiger partial charge in [0.15, 0.2) is 5.65 Å². The topological polar surface area (TPSA) is 90.0 Å². The van der Waals surface area contributed by atoms with E-state index in [9.17, 15) is 9.59 Å². The van der Waals surface area contributed by atoms with Gasteiger partial charge in [0.05, 0.1) is 5.39 Å². The van der Waals surface area contributed by atoms with Crippen LogP contribution < -0.4 is 5.43 Å². The third-order valence-corrected chi connectivity index (χ3v) is 3.67. The van der Waals surface area contributed by atoms with Crippen molar-refractivity contribution < 1.29 is 9.90 Å². The second kappa shape index (κ2) is 4.41. The van der Waals surface area contributed by atoms with E-state index in [0.29, 0.717) is 23.4 Å². The maximum absolute atomic E-state index is 12.3. The fourth-order valence-corrected chi connectivity index (χ4v) is 2.42. The Morgan fingerprint density at radius 1 is 1.33 bits per heavy atom. The first-order valence-electron chi connectivity index (χ1n) is 6.54. The Kier molecular flexibility index (Phi) is 2.79. The summed E-state index contributed by atoms with van der Waals surface area (Å²) in [6.45, 7) is 4.24. The van der Waals surface area contributed by atoms with Gasteiger partial charge in [-0.3, -0.25) is 4.79 Å². The molecule has 0 aliphatic heterocycles. The first kappa shape index (κ1) is 13.3. The number of aryl methyl sites for hydroxylation is 3. The van der Waals surface area contributed by atoms with Crippen molar-refractivity contribution in [3.05, 3.63) is 33.9 Å². The highest BCUT2D eigenvalue weighted by atomic mass is 16.4. The second-order valence-corrected chi connectivity index (χ2v) is 4.88. The summed E-state index contributed by atoms with van der Waals surface area (Å²) in [5.74, 6) is -0.455. The van der Waals surface area contributed by atoms with E-state index in [2.05, 4.69) is 9.97 Å². The van der Waals surface area contributed by atoms with E-state index in [1.54, 1.807) is 10.6 Å². The van der Waals surface area contributed by atoms with Crippen LogP contribution in [-0.4, -0.2) is 30.2 Å². The number of imidazole rings is 1. The summed E-state index contributed by atoms with van der Waals surface area (Å²) in [5, 5.41) is 9.43. The van der Waals surface area contributed by atoms with Gasteiger partial charge in [-0.1, -0.05) is 0 Å². The van der Waals surface area contributed by atoms with Gasteiger partial charge in [-0.15, -0.1) is 0 Å². The van der Waals surface area contributed by atoms with Crippen molar-refractivity contribution in [2.75, 3.05) is 0 Å². The first-order valence-corrected chi connectivity index (χ1v) is 6.54. The van der Waals surface area contributed by atoms with Gasteiger partial charge in [-0.25, -0.2) is 14.8 Å². The van der Waals surface area contributed by atoms with Crippen molar-refractivity contribution in [3.8, 4) is 0 Å². The monoisotopic (exact) mass is 286 g/mol. The SMILES string of the molecule is CCn1cc(C(=O)O)c(=O)c2cc3nc(C)n(C)c3nc21. The Bertz CT molecular complexity index is 952. The van der Waals surface area contributed by atoms with E-state index < -0.39 is 11.4 Å². The van der Waals surface area contributed by atoms with Gasteiger partial charge in [0.2, 0.25) is 5.43 Å². The lowest BCUT2D eigenvalue weighted by Crippen LogP contribution is -2.19. The number of fused-ring (bicyclic) bond motifs is 2. The normalized spacial score (nSPS) is 11.4. The molecule has 0 aliphatic carbocycles. The second-order valence-electron chi connectivity index (χ2n) is 4.88.